The Balaban J connectivity index is 1.29. The molecule has 3 aromatic rings. The molecule has 2 N–H and O–H groups in total. The van der Waals surface area contributed by atoms with Gasteiger partial charge >= 0.3 is 0 Å². The van der Waals surface area contributed by atoms with Crippen molar-refractivity contribution in [1.29, 1.82) is 0 Å². The molecular weight excluding hydrogens is 424 g/mol. The van der Waals surface area contributed by atoms with E-state index in [4.69, 9.17) is 14.2 Å². The third-order valence-corrected chi connectivity index (χ3v) is 6.30. The highest BCUT2D eigenvalue weighted by atomic mass is 32.2. The van der Waals surface area contributed by atoms with E-state index < -0.39 is 0 Å². The Morgan fingerprint density at radius 1 is 1.23 bits per heavy atom. The fourth-order valence-electron chi connectivity index (χ4n) is 2.72. The van der Waals surface area contributed by atoms with Gasteiger partial charge in [-0.3, -0.25) is 4.79 Å². The van der Waals surface area contributed by atoms with Crippen LogP contribution in [0, 0.1) is 0 Å². The maximum absolute atomic E-state index is 12.5. The van der Waals surface area contributed by atoms with Crippen molar-refractivity contribution < 1.29 is 19.0 Å². The summed E-state index contributed by atoms with van der Waals surface area (Å²) in [7, 11) is 1.62. The van der Waals surface area contributed by atoms with Crippen molar-refractivity contribution in [2.45, 2.75) is 23.1 Å². The molecule has 1 atom stereocenters. The number of ether oxygens (including phenoxy) is 3. The van der Waals surface area contributed by atoms with E-state index in [1.54, 1.807) is 7.11 Å². The second-order valence-electron chi connectivity index (χ2n) is 6.40. The van der Waals surface area contributed by atoms with E-state index in [-0.39, 0.29) is 18.0 Å². The van der Waals surface area contributed by atoms with Crippen LogP contribution in [0.25, 0.3) is 0 Å². The Morgan fingerprint density at radius 2 is 2.10 bits per heavy atom. The molecule has 1 aliphatic rings. The lowest BCUT2D eigenvalue weighted by Gasteiger charge is -2.10. The molecule has 0 radical (unpaired) electrons. The zero-order valence-electron chi connectivity index (χ0n) is 16.4. The summed E-state index contributed by atoms with van der Waals surface area (Å²) in [5.74, 6) is 2.11. The first kappa shape index (κ1) is 20.3. The van der Waals surface area contributed by atoms with E-state index in [9.17, 15) is 4.79 Å². The molecule has 0 unspecified atom stereocenters. The number of nitrogens with one attached hydrogen (secondary N) is 2. The van der Waals surface area contributed by atoms with Crippen LogP contribution in [0.5, 0.6) is 17.2 Å². The van der Waals surface area contributed by atoms with E-state index in [0.717, 1.165) is 22.7 Å². The van der Waals surface area contributed by atoms with Crippen LogP contribution in [0.1, 0.15) is 12.5 Å². The second-order valence-corrected chi connectivity index (χ2v) is 8.96. The molecule has 8 nitrogen and oxygen atoms in total. The minimum Gasteiger partial charge on any atom is -0.497 e. The standard InChI is InChI=1S/C20H20N4O4S2/c1-12(18(25)21-10-13-6-7-16-17(8-13)28-11-27-16)29-20-24-23-19(30-20)22-14-4-3-5-15(9-14)26-2/h3-9,12H,10-11H2,1-2H3,(H,21,25)(H,22,23)/t12-/m0/s1. The zero-order valence-corrected chi connectivity index (χ0v) is 18.0. The van der Waals surface area contributed by atoms with Gasteiger partial charge in [0.05, 0.1) is 12.4 Å². The smallest absolute Gasteiger partial charge is 0.233 e. The molecule has 2 heterocycles. The lowest BCUT2D eigenvalue weighted by atomic mass is 10.2. The SMILES string of the molecule is COc1cccc(Nc2nnc(S[C@@H](C)C(=O)NCc3ccc4c(c3)OCO4)s2)c1. The Bertz CT molecular complexity index is 1040. The van der Waals surface area contributed by atoms with Gasteiger partial charge < -0.3 is 24.8 Å². The number of thioether (sulfide) groups is 1. The van der Waals surface area contributed by atoms with Gasteiger partial charge in [0.15, 0.2) is 15.8 Å². The van der Waals surface area contributed by atoms with Crippen LogP contribution in [0.15, 0.2) is 46.8 Å². The van der Waals surface area contributed by atoms with E-state index in [1.807, 2.05) is 49.4 Å². The number of methoxy groups -OCH3 is 1. The number of nitrogens with zero attached hydrogens (tertiary/aromatic N) is 2. The van der Waals surface area contributed by atoms with Gasteiger partial charge in [-0.05, 0) is 36.8 Å². The molecule has 156 valence electrons. The van der Waals surface area contributed by atoms with Gasteiger partial charge in [-0.1, -0.05) is 35.2 Å². The summed E-state index contributed by atoms with van der Waals surface area (Å²) in [5, 5.41) is 14.8. The molecule has 0 saturated carbocycles. The van der Waals surface area contributed by atoms with Crippen molar-refractivity contribution in [3.05, 3.63) is 48.0 Å². The number of fused-ring (bicyclic) bond motifs is 1. The Morgan fingerprint density at radius 3 is 2.97 bits per heavy atom. The molecular formula is C20H20N4O4S2. The highest BCUT2D eigenvalue weighted by molar-refractivity contribution is 8.02. The highest BCUT2D eigenvalue weighted by Crippen LogP contribution is 2.33. The summed E-state index contributed by atoms with van der Waals surface area (Å²) in [6, 6.07) is 13.2. The van der Waals surface area contributed by atoms with Gasteiger partial charge in [-0.2, -0.15) is 0 Å². The van der Waals surface area contributed by atoms with Gasteiger partial charge in [0.2, 0.25) is 17.8 Å². The zero-order chi connectivity index (χ0) is 20.9. The molecule has 1 aliphatic heterocycles. The minimum atomic E-state index is -0.309. The van der Waals surface area contributed by atoms with E-state index in [0.29, 0.717) is 21.8 Å². The van der Waals surface area contributed by atoms with Crippen LogP contribution >= 0.6 is 23.1 Å². The highest BCUT2D eigenvalue weighted by Gasteiger charge is 2.18. The first-order valence-electron chi connectivity index (χ1n) is 9.18. The third-order valence-electron chi connectivity index (χ3n) is 4.28. The van der Waals surface area contributed by atoms with Crippen LogP contribution in [0.4, 0.5) is 10.8 Å². The maximum atomic E-state index is 12.5. The second kappa shape index (κ2) is 9.23. The number of benzene rings is 2. The Labute approximate surface area is 182 Å². The molecule has 1 amide bonds. The van der Waals surface area contributed by atoms with Gasteiger partial charge in [-0.25, -0.2) is 0 Å². The number of rotatable bonds is 8. The average Bonchev–Trinajstić information content (AvgIpc) is 3.40. The molecule has 2 aromatic carbocycles. The molecule has 0 bridgehead atoms. The summed E-state index contributed by atoms with van der Waals surface area (Å²) < 4.78 is 16.6. The van der Waals surface area contributed by atoms with E-state index in [2.05, 4.69) is 20.8 Å². The molecule has 0 fully saturated rings. The molecule has 4 rings (SSSR count). The summed E-state index contributed by atoms with van der Waals surface area (Å²) >= 11 is 2.76. The van der Waals surface area contributed by atoms with E-state index in [1.165, 1.54) is 23.1 Å². The first-order chi connectivity index (χ1) is 14.6. The lowest BCUT2D eigenvalue weighted by Crippen LogP contribution is -2.30. The molecule has 1 aromatic heterocycles. The van der Waals surface area contributed by atoms with Crippen molar-refractivity contribution in [1.82, 2.24) is 15.5 Å². The number of aromatic nitrogens is 2. The quantitative estimate of drug-likeness (QED) is 0.507. The maximum Gasteiger partial charge on any atom is 0.233 e. The Kier molecular flexibility index (Phi) is 6.24. The molecule has 30 heavy (non-hydrogen) atoms. The Hall–Kier alpha value is -2.98. The number of carbonyl (C=O) groups is 1. The topological polar surface area (TPSA) is 94.6 Å². The van der Waals surface area contributed by atoms with Gasteiger partial charge in [0, 0.05) is 18.3 Å². The number of carbonyl (C=O) groups excluding carboxylic acids is 1. The molecule has 0 aliphatic carbocycles. The minimum absolute atomic E-state index is 0.0739. The predicted octanol–water partition coefficient (Wildman–Crippen LogP) is 3.82. The number of hydrogen-bond acceptors (Lipinski definition) is 9. The van der Waals surface area contributed by atoms with Crippen molar-refractivity contribution in [3.63, 3.8) is 0 Å². The molecule has 10 heteroatoms. The molecule has 0 saturated heterocycles. The predicted molar refractivity (Wildman–Crippen MR) is 116 cm³/mol. The fraction of sp³-hybridized carbons (Fsp3) is 0.250. The number of anilines is 2. The van der Waals surface area contributed by atoms with Gasteiger partial charge in [0.1, 0.15) is 5.75 Å². The normalized spacial score (nSPS) is 13.0. The fourth-order valence-corrected chi connectivity index (χ4v) is 4.66. The monoisotopic (exact) mass is 444 g/mol. The lowest BCUT2D eigenvalue weighted by molar-refractivity contribution is -0.120. The van der Waals surface area contributed by atoms with Crippen LogP contribution in [-0.4, -0.2) is 35.3 Å². The number of amides is 1. The van der Waals surface area contributed by atoms with Crippen molar-refractivity contribution >= 4 is 39.8 Å². The third kappa shape index (κ3) is 4.95. The summed E-state index contributed by atoms with van der Waals surface area (Å²) in [4.78, 5) is 12.5. The first-order valence-corrected chi connectivity index (χ1v) is 10.9. The number of hydrogen-bond donors (Lipinski definition) is 2. The van der Waals surface area contributed by atoms with Crippen LogP contribution in [-0.2, 0) is 11.3 Å². The van der Waals surface area contributed by atoms with Crippen LogP contribution < -0.4 is 24.8 Å². The van der Waals surface area contributed by atoms with Crippen molar-refractivity contribution in [3.8, 4) is 17.2 Å². The van der Waals surface area contributed by atoms with Crippen molar-refractivity contribution in [2.75, 3.05) is 19.2 Å². The molecule has 0 spiro atoms. The van der Waals surface area contributed by atoms with E-state index >= 15 is 0 Å². The van der Waals surface area contributed by atoms with Gasteiger partial charge in [-0.15, -0.1) is 10.2 Å². The summed E-state index contributed by atoms with van der Waals surface area (Å²) in [6.07, 6.45) is 0. The van der Waals surface area contributed by atoms with Crippen LogP contribution in [0.2, 0.25) is 0 Å². The van der Waals surface area contributed by atoms with Crippen LogP contribution in [0.3, 0.4) is 0 Å². The van der Waals surface area contributed by atoms with Gasteiger partial charge in [0.25, 0.3) is 0 Å². The average molecular weight is 445 g/mol. The largest absolute Gasteiger partial charge is 0.497 e. The summed E-state index contributed by atoms with van der Waals surface area (Å²) in [6.45, 7) is 2.49. The van der Waals surface area contributed by atoms with Crippen molar-refractivity contribution in [2.24, 2.45) is 0 Å². The summed E-state index contributed by atoms with van der Waals surface area (Å²) in [5.41, 5.74) is 1.81.